The van der Waals surface area contributed by atoms with Crippen LogP contribution in [0.2, 0.25) is 0 Å². The largest absolute Gasteiger partial charge is 0.400 e. The van der Waals surface area contributed by atoms with Crippen molar-refractivity contribution in [2.24, 2.45) is 5.73 Å². The molecular weight excluding hydrogens is 114 g/mol. The summed E-state index contributed by atoms with van der Waals surface area (Å²) in [5.41, 5.74) is 8.51. The third-order valence-electron chi connectivity index (χ3n) is 1.41. The summed E-state index contributed by atoms with van der Waals surface area (Å²) in [5, 5.41) is 0. The van der Waals surface area contributed by atoms with Gasteiger partial charge in [-0.3, -0.25) is 0 Å². The van der Waals surface area contributed by atoms with Crippen molar-refractivity contribution < 1.29 is 4.74 Å². The number of nitrogens with two attached hydrogens (primary N) is 1. The van der Waals surface area contributed by atoms with Gasteiger partial charge in [-0.05, 0) is 6.92 Å². The van der Waals surface area contributed by atoms with Crippen molar-refractivity contribution in [2.75, 3.05) is 13.2 Å². The van der Waals surface area contributed by atoms with E-state index in [4.69, 9.17) is 10.5 Å². The lowest BCUT2D eigenvalue weighted by atomic mass is 10.1. The summed E-state index contributed by atoms with van der Waals surface area (Å²) in [7, 11) is 0. The van der Waals surface area contributed by atoms with Gasteiger partial charge in [0.05, 0.1) is 13.2 Å². The van der Waals surface area contributed by atoms with Crippen LogP contribution in [-0.2, 0) is 4.74 Å². The molecule has 1 heterocycles. The molecule has 0 atom stereocenters. The van der Waals surface area contributed by atoms with E-state index in [-0.39, 0.29) is 0 Å². The van der Waals surface area contributed by atoms with Gasteiger partial charge in [-0.1, -0.05) is 12.2 Å². The smallest absolute Gasteiger partial charge is 0.0868 e. The standard InChI is InChI=1S/C7H11NO/c1-5(2)6-3-9-4-7(6)8/h1,3-4,8H2,2H3. The van der Waals surface area contributed by atoms with Crippen LogP contribution in [0.4, 0.5) is 0 Å². The topological polar surface area (TPSA) is 35.2 Å². The second-order valence-corrected chi connectivity index (χ2v) is 2.28. The molecule has 0 fully saturated rings. The molecule has 0 aromatic rings. The second-order valence-electron chi connectivity index (χ2n) is 2.28. The van der Waals surface area contributed by atoms with Crippen molar-refractivity contribution in [1.82, 2.24) is 0 Å². The van der Waals surface area contributed by atoms with E-state index in [0.717, 1.165) is 16.8 Å². The lowest BCUT2D eigenvalue weighted by Gasteiger charge is -1.97. The third-order valence-corrected chi connectivity index (χ3v) is 1.41. The van der Waals surface area contributed by atoms with Crippen molar-refractivity contribution in [2.45, 2.75) is 6.92 Å². The Balaban J connectivity index is 2.78. The van der Waals surface area contributed by atoms with Gasteiger partial charge in [0.1, 0.15) is 0 Å². The summed E-state index contributed by atoms with van der Waals surface area (Å²) in [6.45, 7) is 6.92. The molecule has 0 unspecified atom stereocenters. The van der Waals surface area contributed by atoms with E-state index in [1.54, 1.807) is 0 Å². The molecule has 2 nitrogen and oxygen atoms in total. The van der Waals surface area contributed by atoms with Crippen molar-refractivity contribution >= 4 is 0 Å². The van der Waals surface area contributed by atoms with E-state index < -0.39 is 0 Å². The Morgan fingerprint density at radius 1 is 1.67 bits per heavy atom. The molecule has 2 heteroatoms. The number of hydrogen-bond acceptors (Lipinski definition) is 2. The highest BCUT2D eigenvalue weighted by Crippen LogP contribution is 2.15. The quantitative estimate of drug-likeness (QED) is 0.562. The van der Waals surface area contributed by atoms with E-state index in [1.807, 2.05) is 6.92 Å². The maximum atomic E-state index is 5.57. The summed E-state index contributed by atoms with van der Waals surface area (Å²) in [6.07, 6.45) is 0. The molecule has 0 bridgehead atoms. The SMILES string of the molecule is C=C(C)C1=C(N)COC1. The first-order valence-corrected chi connectivity index (χ1v) is 2.93. The maximum Gasteiger partial charge on any atom is 0.0868 e. The average molecular weight is 125 g/mol. The van der Waals surface area contributed by atoms with Crippen LogP contribution in [0.25, 0.3) is 0 Å². The highest BCUT2D eigenvalue weighted by molar-refractivity contribution is 5.33. The predicted octanol–water partition coefficient (Wildman–Crippen LogP) is 0.805. The Hall–Kier alpha value is -0.760. The predicted molar refractivity (Wildman–Crippen MR) is 36.8 cm³/mol. The first-order chi connectivity index (χ1) is 4.22. The van der Waals surface area contributed by atoms with Crippen molar-refractivity contribution in [1.29, 1.82) is 0 Å². The molecule has 1 aliphatic heterocycles. The first kappa shape index (κ1) is 6.36. The van der Waals surface area contributed by atoms with Crippen LogP contribution in [-0.4, -0.2) is 13.2 Å². The zero-order valence-corrected chi connectivity index (χ0v) is 5.61. The summed E-state index contributed by atoms with van der Waals surface area (Å²) in [6, 6.07) is 0. The zero-order chi connectivity index (χ0) is 6.85. The highest BCUT2D eigenvalue weighted by Gasteiger charge is 2.11. The van der Waals surface area contributed by atoms with Gasteiger partial charge in [0.2, 0.25) is 0 Å². The van der Waals surface area contributed by atoms with Gasteiger partial charge < -0.3 is 10.5 Å². The summed E-state index contributed by atoms with van der Waals surface area (Å²) >= 11 is 0. The van der Waals surface area contributed by atoms with E-state index in [0.29, 0.717) is 13.2 Å². The lowest BCUT2D eigenvalue weighted by Crippen LogP contribution is -2.00. The molecule has 0 aromatic heterocycles. The van der Waals surface area contributed by atoms with Crippen LogP contribution in [0, 0.1) is 0 Å². The molecule has 1 rings (SSSR count). The molecule has 0 saturated heterocycles. The molecule has 0 aliphatic carbocycles. The van der Waals surface area contributed by atoms with Gasteiger partial charge in [0.25, 0.3) is 0 Å². The van der Waals surface area contributed by atoms with E-state index in [9.17, 15) is 0 Å². The van der Waals surface area contributed by atoms with Crippen molar-refractivity contribution in [3.8, 4) is 0 Å². The molecule has 0 radical (unpaired) electrons. The Bertz CT molecular complexity index is 170. The number of hydrogen-bond donors (Lipinski definition) is 1. The highest BCUT2D eigenvalue weighted by atomic mass is 16.5. The van der Waals surface area contributed by atoms with Gasteiger partial charge >= 0.3 is 0 Å². The Kier molecular flexibility index (Phi) is 1.58. The van der Waals surface area contributed by atoms with Crippen LogP contribution >= 0.6 is 0 Å². The van der Waals surface area contributed by atoms with Crippen molar-refractivity contribution in [3.05, 3.63) is 23.4 Å². The third kappa shape index (κ3) is 1.13. The first-order valence-electron chi connectivity index (χ1n) is 2.93. The fourth-order valence-electron chi connectivity index (χ4n) is 0.840. The average Bonchev–Trinajstić information content (AvgIpc) is 2.13. The van der Waals surface area contributed by atoms with Crippen LogP contribution in [0.3, 0.4) is 0 Å². The van der Waals surface area contributed by atoms with E-state index in [1.165, 1.54) is 0 Å². The van der Waals surface area contributed by atoms with Gasteiger partial charge in [-0.2, -0.15) is 0 Å². The lowest BCUT2D eigenvalue weighted by molar-refractivity contribution is 0.204. The Morgan fingerprint density at radius 3 is 2.56 bits per heavy atom. The van der Waals surface area contributed by atoms with Crippen LogP contribution in [0.1, 0.15) is 6.92 Å². The van der Waals surface area contributed by atoms with Gasteiger partial charge in [0, 0.05) is 11.3 Å². The number of rotatable bonds is 1. The molecule has 9 heavy (non-hydrogen) atoms. The minimum atomic E-state index is 0.572. The van der Waals surface area contributed by atoms with Crippen molar-refractivity contribution in [3.63, 3.8) is 0 Å². The monoisotopic (exact) mass is 125 g/mol. The molecule has 0 amide bonds. The Morgan fingerprint density at radius 2 is 2.33 bits per heavy atom. The molecule has 50 valence electrons. The fourth-order valence-corrected chi connectivity index (χ4v) is 0.840. The van der Waals surface area contributed by atoms with Crippen LogP contribution in [0.5, 0.6) is 0 Å². The van der Waals surface area contributed by atoms with Gasteiger partial charge in [0.15, 0.2) is 0 Å². The molecule has 0 spiro atoms. The zero-order valence-electron chi connectivity index (χ0n) is 5.61. The fraction of sp³-hybridized carbons (Fsp3) is 0.429. The second kappa shape index (κ2) is 2.23. The summed E-state index contributed by atoms with van der Waals surface area (Å²) in [4.78, 5) is 0. The van der Waals surface area contributed by atoms with Gasteiger partial charge in [-0.25, -0.2) is 0 Å². The van der Waals surface area contributed by atoms with E-state index >= 15 is 0 Å². The summed E-state index contributed by atoms with van der Waals surface area (Å²) in [5.74, 6) is 0. The van der Waals surface area contributed by atoms with Gasteiger partial charge in [-0.15, -0.1) is 0 Å². The Labute approximate surface area is 55.0 Å². The van der Waals surface area contributed by atoms with E-state index in [2.05, 4.69) is 6.58 Å². The molecular formula is C7H11NO. The molecule has 2 N–H and O–H groups in total. The maximum absolute atomic E-state index is 5.57. The number of ether oxygens (including phenoxy) is 1. The van der Waals surface area contributed by atoms with Crippen LogP contribution in [0.15, 0.2) is 23.4 Å². The van der Waals surface area contributed by atoms with Crippen LogP contribution < -0.4 is 5.73 Å². The molecule has 1 aliphatic rings. The molecule has 0 saturated carbocycles. The summed E-state index contributed by atoms with van der Waals surface area (Å²) < 4.78 is 5.07. The molecule has 0 aromatic carbocycles. The minimum absolute atomic E-state index is 0.572. The normalized spacial score (nSPS) is 18.8. The minimum Gasteiger partial charge on any atom is -0.400 e.